The van der Waals surface area contributed by atoms with E-state index in [0.29, 0.717) is 10.0 Å². The highest BCUT2D eigenvalue weighted by Gasteiger charge is 2.16. The van der Waals surface area contributed by atoms with Crippen LogP contribution in [0.2, 0.25) is 0 Å². The van der Waals surface area contributed by atoms with Crippen LogP contribution in [-0.2, 0) is 14.3 Å². The molecule has 31 heavy (non-hydrogen) atoms. The number of aromatic carboxylic acids is 1. The van der Waals surface area contributed by atoms with Gasteiger partial charge in [0.15, 0.2) is 18.1 Å². The molecule has 1 amide bonds. The van der Waals surface area contributed by atoms with Crippen molar-refractivity contribution < 1.29 is 33.7 Å². The number of methoxy groups -OCH3 is 2. The lowest BCUT2D eigenvalue weighted by molar-refractivity contribution is -0.142. The third-order valence-electron chi connectivity index (χ3n) is 3.86. The molecule has 2 rings (SSSR count). The van der Waals surface area contributed by atoms with Gasteiger partial charge in [-0.15, -0.1) is 0 Å². The monoisotopic (exact) mass is 488 g/mol. The summed E-state index contributed by atoms with van der Waals surface area (Å²) in [5.74, 6) is -1.92. The molecular weight excluding hydrogens is 472 g/mol. The Morgan fingerprint density at radius 1 is 1.23 bits per heavy atom. The van der Waals surface area contributed by atoms with Crippen molar-refractivity contribution in [3.05, 3.63) is 57.6 Å². The fraction of sp³-hybridized carbons (Fsp3) is 0.143. The molecule has 0 spiro atoms. The smallest absolute Gasteiger partial charge is 0.343 e. The number of nitriles is 1. The largest absolute Gasteiger partial charge is 0.493 e. The molecule has 9 nitrogen and oxygen atoms in total. The van der Waals surface area contributed by atoms with Gasteiger partial charge in [-0.2, -0.15) is 5.26 Å². The zero-order valence-electron chi connectivity index (χ0n) is 16.5. The third kappa shape index (κ3) is 6.32. The van der Waals surface area contributed by atoms with Gasteiger partial charge in [-0.3, -0.25) is 4.79 Å². The van der Waals surface area contributed by atoms with E-state index in [0.717, 1.165) is 0 Å². The van der Waals surface area contributed by atoms with Crippen LogP contribution < -0.4 is 14.8 Å². The molecule has 2 N–H and O–H groups in total. The number of nitrogens with one attached hydrogen (secondary N) is 1. The molecular formula is C21H17BrN2O7. The number of esters is 1. The summed E-state index contributed by atoms with van der Waals surface area (Å²) in [6.45, 7) is -0.331. The molecule has 0 saturated carbocycles. The minimum Gasteiger partial charge on any atom is -0.493 e. The van der Waals surface area contributed by atoms with Crippen molar-refractivity contribution in [3.8, 4) is 17.6 Å². The molecule has 2 aromatic rings. The molecule has 0 aliphatic rings. The van der Waals surface area contributed by atoms with Crippen molar-refractivity contribution in [3.63, 3.8) is 0 Å². The van der Waals surface area contributed by atoms with Crippen LogP contribution in [0.1, 0.15) is 15.9 Å². The predicted molar refractivity (Wildman–Crippen MR) is 114 cm³/mol. The average Bonchev–Trinajstić information content (AvgIpc) is 2.76. The van der Waals surface area contributed by atoms with Gasteiger partial charge in [-0.25, -0.2) is 9.59 Å². The first-order valence-electron chi connectivity index (χ1n) is 8.62. The van der Waals surface area contributed by atoms with Crippen molar-refractivity contribution in [2.24, 2.45) is 0 Å². The first-order valence-corrected chi connectivity index (χ1v) is 9.42. The van der Waals surface area contributed by atoms with E-state index >= 15 is 0 Å². The molecule has 0 heterocycles. The molecule has 0 atom stereocenters. The maximum atomic E-state index is 12.5. The van der Waals surface area contributed by atoms with Gasteiger partial charge in [0.2, 0.25) is 0 Å². The lowest BCUT2D eigenvalue weighted by atomic mass is 10.1. The van der Waals surface area contributed by atoms with E-state index in [1.54, 1.807) is 6.07 Å². The number of halogens is 1. The van der Waals surface area contributed by atoms with Gasteiger partial charge >= 0.3 is 11.9 Å². The number of carbonyl (C=O) groups is 3. The molecule has 0 radical (unpaired) electrons. The summed E-state index contributed by atoms with van der Waals surface area (Å²) in [4.78, 5) is 34.8. The number of anilines is 1. The van der Waals surface area contributed by atoms with E-state index in [-0.39, 0.29) is 34.9 Å². The van der Waals surface area contributed by atoms with Crippen LogP contribution in [0.3, 0.4) is 0 Å². The Labute approximate surface area is 186 Å². The van der Waals surface area contributed by atoms with Gasteiger partial charge < -0.3 is 24.6 Å². The van der Waals surface area contributed by atoms with Gasteiger partial charge in [0.1, 0.15) is 11.6 Å². The van der Waals surface area contributed by atoms with Crippen molar-refractivity contribution in [1.29, 1.82) is 5.26 Å². The first-order chi connectivity index (χ1) is 14.8. The Bertz CT molecular complexity index is 1090. The van der Waals surface area contributed by atoms with E-state index in [1.165, 1.54) is 50.6 Å². The Balaban J connectivity index is 2.29. The second kappa shape index (κ2) is 10.8. The highest BCUT2D eigenvalue weighted by atomic mass is 79.9. The highest BCUT2D eigenvalue weighted by Crippen LogP contribution is 2.37. The molecule has 0 aromatic heterocycles. The van der Waals surface area contributed by atoms with Gasteiger partial charge in [-0.05, 0) is 57.9 Å². The van der Waals surface area contributed by atoms with Gasteiger partial charge in [0.25, 0.3) is 5.91 Å². The van der Waals surface area contributed by atoms with Crippen LogP contribution in [-0.4, -0.2) is 43.8 Å². The molecule has 0 bridgehead atoms. The molecule has 160 valence electrons. The van der Waals surface area contributed by atoms with Crippen LogP contribution >= 0.6 is 15.9 Å². The zero-order chi connectivity index (χ0) is 23.0. The second-order valence-corrected chi connectivity index (χ2v) is 6.76. The van der Waals surface area contributed by atoms with Gasteiger partial charge in [-0.1, -0.05) is 6.07 Å². The maximum absolute atomic E-state index is 12.5. The van der Waals surface area contributed by atoms with E-state index in [2.05, 4.69) is 26.0 Å². The van der Waals surface area contributed by atoms with Gasteiger partial charge in [0.05, 0.1) is 24.3 Å². The van der Waals surface area contributed by atoms with E-state index < -0.39 is 17.8 Å². The number of benzene rings is 2. The van der Waals surface area contributed by atoms with Crippen molar-refractivity contribution >= 4 is 45.5 Å². The van der Waals surface area contributed by atoms with Crippen molar-refractivity contribution in [2.75, 3.05) is 26.1 Å². The summed E-state index contributed by atoms with van der Waals surface area (Å²) in [6, 6.07) is 10.6. The lowest BCUT2D eigenvalue weighted by Crippen LogP contribution is -2.14. The number of hydrogen-bond donors (Lipinski definition) is 2. The summed E-state index contributed by atoms with van der Waals surface area (Å²) >= 11 is 3.31. The number of carboxylic acids is 1. The topological polar surface area (TPSA) is 135 Å². The number of ether oxygens (including phenoxy) is 3. The Hall–Kier alpha value is -3.84. The SMILES string of the molecule is COC(=O)COc1c(Br)cc(/C=C(/C#N)C(=O)Nc2cccc(C(=O)O)c2)cc1OC. The number of carbonyl (C=O) groups excluding carboxylic acids is 2. The Morgan fingerprint density at radius 2 is 1.97 bits per heavy atom. The van der Waals surface area contributed by atoms with Crippen LogP contribution in [0.15, 0.2) is 46.4 Å². The molecule has 0 aliphatic heterocycles. The number of rotatable bonds is 8. The molecule has 0 aliphatic carbocycles. The van der Waals surface area contributed by atoms with Crippen molar-refractivity contribution in [1.82, 2.24) is 0 Å². The van der Waals surface area contributed by atoms with E-state index in [1.807, 2.05) is 6.07 Å². The van der Waals surface area contributed by atoms with Crippen molar-refractivity contribution in [2.45, 2.75) is 0 Å². The summed E-state index contributed by atoms with van der Waals surface area (Å²) in [5, 5.41) is 20.9. The molecule has 0 unspecified atom stereocenters. The van der Waals surface area contributed by atoms with E-state index in [4.69, 9.17) is 14.6 Å². The zero-order valence-corrected chi connectivity index (χ0v) is 18.1. The lowest BCUT2D eigenvalue weighted by Gasteiger charge is -2.13. The number of hydrogen-bond acceptors (Lipinski definition) is 7. The maximum Gasteiger partial charge on any atom is 0.343 e. The van der Waals surface area contributed by atoms with Crippen LogP contribution in [0.5, 0.6) is 11.5 Å². The van der Waals surface area contributed by atoms with Crippen LogP contribution in [0, 0.1) is 11.3 Å². The average molecular weight is 489 g/mol. The highest BCUT2D eigenvalue weighted by molar-refractivity contribution is 9.10. The quantitative estimate of drug-likeness (QED) is 0.328. The summed E-state index contributed by atoms with van der Waals surface area (Å²) in [5.41, 5.74) is 0.450. The van der Waals surface area contributed by atoms with Crippen LogP contribution in [0.25, 0.3) is 6.08 Å². The first kappa shape index (κ1) is 23.4. The standard InChI is InChI=1S/C21H17BrN2O7/c1-29-17-8-12(7-16(22)19(17)31-11-18(25)30-2)6-14(10-23)20(26)24-15-5-3-4-13(9-15)21(27)28/h3-9H,11H2,1-2H3,(H,24,26)(H,27,28)/b14-6-. The minimum atomic E-state index is -1.14. The minimum absolute atomic E-state index is 0.00324. The molecule has 0 saturated heterocycles. The molecule has 0 fully saturated rings. The number of carboxylic acid groups (broad SMARTS) is 1. The molecule has 10 heteroatoms. The predicted octanol–water partition coefficient (Wildman–Crippen LogP) is 3.25. The summed E-state index contributed by atoms with van der Waals surface area (Å²) in [7, 11) is 2.63. The summed E-state index contributed by atoms with van der Waals surface area (Å²) in [6.07, 6.45) is 1.33. The van der Waals surface area contributed by atoms with Crippen LogP contribution in [0.4, 0.5) is 5.69 Å². The number of amides is 1. The fourth-order valence-corrected chi connectivity index (χ4v) is 2.97. The Morgan fingerprint density at radius 3 is 2.58 bits per heavy atom. The molecule has 2 aromatic carbocycles. The summed E-state index contributed by atoms with van der Waals surface area (Å²) < 4.78 is 15.6. The Kier molecular flexibility index (Phi) is 8.16. The normalized spacial score (nSPS) is 10.6. The van der Waals surface area contributed by atoms with E-state index in [9.17, 15) is 19.6 Å². The fourth-order valence-electron chi connectivity index (χ4n) is 2.40. The number of nitrogens with zero attached hydrogens (tertiary/aromatic N) is 1. The van der Waals surface area contributed by atoms with Gasteiger partial charge in [0, 0.05) is 5.69 Å². The second-order valence-electron chi connectivity index (χ2n) is 5.91. The third-order valence-corrected chi connectivity index (χ3v) is 4.45.